The van der Waals surface area contributed by atoms with E-state index in [1.165, 1.54) is 4.31 Å². The molecule has 8 heteroatoms. The minimum absolute atomic E-state index is 0.0387. The molecule has 7 nitrogen and oxygen atoms in total. The van der Waals surface area contributed by atoms with Crippen LogP contribution in [0.2, 0.25) is 0 Å². The number of hydrogen-bond acceptors (Lipinski definition) is 4. The van der Waals surface area contributed by atoms with Gasteiger partial charge in [-0.2, -0.15) is 4.31 Å². The zero-order valence-electron chi connectivity index (χ0n) is 20.0. The molecule has 1 aliphatic heterocycles. The second-order valence-corrected chi connectivity index (χ2v) is 10.8. The van der Waals surface area contributed by atoms with Crippen molar-refractivity contribution in [2.24, 2.45) is 5.92 Å². The molecule has 0 unspecified atom stereocenters. The molecular weight excluding hydrogens is 450 g/mol. The Labute approximate surface area is 202 Å². The number of piperidine rings is 1. The van der Waals surface area contributed by atoms with Crippen LogP contribution in [-0.2, 0) is 26.2 Å². The summed E-state index contributed by atoms with van der Waals surface area (Å²) in [5.74, 6) is -0.217. The van der Waals surface area contributed by atoms with Crippen LogP contribution in [-0.4, -0.2) is 55.6 Å². The second-order valence-electron chi connectivity index (χ2n) is 8.82. The molecule has 1 aliphatic rings. The molecule has 0 saturated carbocycles. The maximum absolute atomic E-state index is 12.6. The van der Waals surface area contributed by atoms with Crippen molar-refractivity contribution in [1.29, 1.82) is 0 Å². The SMILES string of the molecule is CC(C)N(C)S(=O)(=O)c1ccc(CNC(=O)C2CCN(C(=O)/C=C/c3ccccc3)CC2)cc1. The number of amides is 2. The molecule has 1 saturated heterocycles. The third-order valence-corrected chi connectivity index (χ3v) is 8.24. The molecule has 0 atom stereocenters. The van der Waals surface area contributed by atoms with E-state index >= 15 is 0 Å². The number of carbonyl (C=O) groups is 2. The fraction of sp³-hybridized carbons (Fsp3) is 0.385. The molecule has 2 amide bonds. The lowest BCUT2D eigenvalue weighted by Gasteiger charge is -2.30. The summed E-state index contributed by atoms with van der Waals surface area (Å²) in [6.45, 7) is 5.07. The first-order valence-corrected chi connectivity index (χ1v) is 13.0. The zero-order chi connectivity index (χ0) is 24.7. The van der Waals surface area contributed by atoms with Crippen LogP contribution in [0.3, 0.4) is 0 Å². The van der Waals surface area contributed by atoms with Crippen molar-refractivity contribution < 1.29 is 18.0 Å². The minimum atomic E-state index is -3.53. The number of carbonyl (C=O) groups excluding carboxylic acids is 2. The van der Waals surface area contributed by atoms with Crippen molar-refractivity contribution in [3.63, 3.8) is 0 Å². The van der Waals surface area contributed by atoms with Crippen LogP contribution in [0.4, 0.5) is 0 Å². The molecule has 1 heterocycles. The lowest BCUT2D eigenvalue weighted by Crippen LogP contribution is -2.42. The topological polar surface area (TPSA) is 86.8 Å². The van der Waals surface area contributed by atoms with E-state index in [9.17, 15) is 18.0 Å². The summed E-state index contributed by atoms with van der Waals surface area (Å²) >= 11 is 0. The van der Waals surface area contributed by atoms with Crippen LogP contribution < -0.4 is 5.32 Å². The number of benzene rings is 2. The first-order chi connectivity index (χ1) is 16.2. The fourth-order valence-electron chi connectivity index (χ4n) is 3.76. The molecule has 2 aromatic carbocycles. The molecule has 2 aromatic rings. The van der Waals surface area contributed by atoms with Crippen LogP contribution >= 0.6 is 0 Å². The fourth-order valence-corrected chi connectivity index (χ4v) is 5.12. The van der Waals surface area contributed by atoms with Gasteiger partial charge in [0.25, 0.3) is 0 Å². The Balaban J connectivity index is 1.46. The Bertz CT molecular complexity index is 1100. The van der Waals surface area contributed by atoms with Crippen LogP contribution in [0.1, 0.15) is 37.8 Å². The highest BCUT2D eigenvalue weighted by Gasteiger charge is 2.26. The summed E-state index contributed by atoms with van der Waals surface area (Å²) < 4.78 is 26.5. The summed E-state index contributed by atoms with van der Waals surface area (Å²) in [7, 11) is -1.96. The smallest absolute Gasteiger partial charge is 0.246 e. The van der Waals surface area contributed by atoms with Crippen molar-refractivity contribution >= 4 is 27.9 Å². The molecule has 3 rings (SSSR count). The van der Waals surface area contributed by atoms with E-state index < -0.39 is 10.0 Å². The molecule has 34 heavy (non-hydrogen) atoms. The summed E-state index contributed by atoms with van der Waals surface area (Å²) in [4.78, 5) is 27.1. The number of nitrogens with zero attached hydrogens (tertiary/aromatic N) is 2. The Morgan fingerprint density at radius 2 is 1.68 bits per heavy atom. The Kier molecular flexibility index (Phi) is 8.63. The van der Waals surface area contributed by atoms with Crippen LogP contribution in [0, 0.1) is 5.92 Å². The van der Waals surface area contributed by atoms with Gasteiger partial charge in [0.15, 0.2) is 0 Å². The first kappa shape index (κ1) is 25.6. The number of rotatable bonds is 8. The van der Waals surface area contributed by atoms with E-state index in [1.807, 2.05) is 44.2 Å². The zero-order valence-corrected chi connectivity index (χ0v) is 20.8. The predicted octanol–water partition coefficient (Wildman–Crippen LogP) is 3.28. The lowest BCUT2D eigenvalue weighted by molar-refractivity contribution is -0.132. The van der Waals surface area contributed by atoms with Crippen molar-refractivity contribution in [1.82, 2.24) is 14.5 Å². The number of nitrogens with one attached hydrogen (secondary N) is 1. The van der Waals surface area contributed by atoms with Crippen LogP contribution in [0.15, 0.2) is 65.6 Å². The van der Waals surface area contributed by atoms with Crippen molar-refractivity contribution in [3.8, 4) is 0 Å². The van der Waals surface area contributed by atoms with Gasteiger partial charge in [-0.25, -0.2) is 8.42 Å². The standard InChI is InChI=1S/C26H33N3O4S/c1-20(2)28(3)34(32,33)24-12-9-22(10-13-24)19-27-26(31)23-15-17-29(18-16-23)25(30)14-11-21-7-5-4-6-8-21/h4-14,20,23H,15-19H2,1-3H3,(H,27,31)/b14-11+. The van der Waals surface area contributed by atoms with Crippen molar-refractivity contribution in [2.45, 2.75) is 44.2 Å². The third kappa shape index (κ3) is 6.55. The van der Waals surface area contributed by atoms with Gasteiger partial charge in [-0.3, -0.25) is 9.59 Å². The van der Waals surface area contributed by atoms with E-state index in [0.717, 1.165) is 11.1 Å². The average molecular weight is 484 g/mol. The van der Waals surface area contributed by atoms with E-state index in [-0.39, 0.29) is 28.7 Å². The molecule has 0 aliphatic carbocycles. The predicted molar refractivity (Wildman–Crippen MR) is 133 cm³/mol. The molecule has 1 N–H and O–H groups in total. The number of likely N-dealkylation sites (tertiary alicyclic amines) is 1. The molecule has 0 radical (unpaired) electrons. The van der Waals surface area contributed by atoms with Crippen LogP contribution in [0.5, 0.6) is 0 Å². The maximum Gasteiger partial charge on any atom is 0.246 e. The van der Waals surface area contributed by atoms with Gasteiger partial charge in [-0.1, -0.05) is 42.5 Å². The molecule has 0 bridgehead atoms. The second kappa shape index (κ2) is 11.4. The van der Waals surface area contributed by atoms with Gasteiger partial charge in [0.1, 0.15) is 0 Å². The van der Waals surface area contributed by atoms with E-state index in [4.69, 9.17) is 0 Å². The van der Waals surface area contributed by atoms with Crippen LogP contribution in [0.25, 0.3) is 6.08 Å². The van der Waals surface area contributed by atoms with Gasteiger partial charge in [-0.15, -0.1) is 0 Å². The van der Waals surface area contributed by atoms with Gasteiger partial charge in [0.05, 0.1) is 4.90 Å². The third-order valence-electron chi connectivity index (χ3n) is 6.19. The summed E-state index contributed by atoms with van der Waals surface area (Å²) in [6.07, 6.45) is 4.63. The van der Waals surface area contributed by atoms with Crippen molar-refractivity contribution in [2.75, 3.05) is 20.1 Å². The first-order valence-electron chi connectivity index (χ1n) is 11.5. The Morgan fingerprint density at radius 3 is 2.26 bits per heavy atom. The lowest BCUT2D eigenvalue weighted by atomic mass is 9.95. The Hall–Kier alpha value is -2.97. The highest BCUT2D eigenvalue weighted by molar-refractivity contribution is 7.89. The van der Waals surface area contributed by atoms with E-state index in [0.29, 0.717) is 32.5 Å². The Morgan fingerprint density at radius 1 is 1.06 bits per heavy atom. The average Bonchev–Trinajstić information content (AvgIpc) is 2.86. The van der Waals surface area contributed by atoms with E-state index in [1.54, 1.807) is 48.4 Å². The number of sulfonamides is 1. The van der Waals surface area contributed by atoms with Gasteiger partial charge >= 0.3 is 0 Å². The normalized spacial score (nSPS) is 15.3. The largest absolute Gasteiger partial charge is 0.352 e. The monoisotopic (exact) mass is 483 g/mol. The van der Waals surface area contributed by atoms with Gasteiger partial charge in [0, 0.05) is 44.7 Å². The van der Waals surface area contributed by atoms with Gasteiger partial charge in [0.2, 0.25) is 21.8 Å². The van der Waals surface area contributed by atoms with Crippen molar-refractivity contribution in [3.05, 3.63) is 71.8 Å². The summed E-state index contributed by atoms with van der Waals surface area (Å²) in [6, 6.07) is 16.1. The highest BCUT2D eigenvalue weighted by Crippen LogP contribution is 2.19. The molecule has 182 valence electrons. The van der Waals surface area contributed by atoms with E-state index in [2.05, 4.69) is 5.32 Å². The number of hydrogen-bond donors (Lipinski definition) is 1. The molecule has 0 aromatic heterocycles. The molecule has 1 fully saturated rings. The maximum atomic E-state index is 12.6. The quantitative estimate of drug-likeness (QED) is 0.584. The minimum Gasteiger partial charge on any atom is -0.352 e. The summed E-state index contributed by atoms with van der Waals surface area (Å²) in [5.41, 5.74) is 1.81. The molecule has 0 spiro atoms. The highest BCUT2D eigenvalue weighted by atomic mass is 32.2. The molecular formula is C26H33N3O4S. The summed E-state index contributed by atoms with van der Waals surface area (Å²) in [5, 5.41) is 2.94. The van der Waals surface area contributed by atoms with Gasteiger partial charge in [-0.05, 0) is 56.0 Å². The van der Waals surface area contributed by atoms with Gasteiger partial charge < -0.3 is 10.2 Å².